The first-order chi connectivity index (χ1) is 19.5. The minimum atomic E-state index is -0.650. The molecule has 210 valence electrons. The van der Waals surface area contributed by atoms with Gasteiger partial charge in [0.1, 0.15) is 5.75 Å². The number of anilines is 1. The van der Waals surface area contributed by atoms with Crippen molar-refractivity contribution in [1.82, 2.24) is 4.90 Å². The van der Waals surface area contributed by atoms with E-state index in [1.54, 1.807) is 19.2 Å². The number of hydrogen-bond acceptors (Lipinski definition) is 6. The third kappa shape index (κ3) is 5.06. The van der Waals surface area contributed by atoms with Crippen LogP contribution in [0.2, 0.25) is 0 Å². The molecule has 2 aliphatic rings. The maximum atomic E-state index is 14.3. The third-order valence-electron chi connectivity index (χ3n) is 8.02. The van der Waals surface area contributed by atoms with E-state index in [-0.39, 0.29) is 17.9 Å². The molecule has 0 aromatic heterocycles. The Morgan fingerprint density at radius 1 is 0.825 bits per heavy atom. The largest absolute Gasteiger partial charge is 0.497 e. The van der Waals surface area contributed by atoms with E-state index in [0.717, 1.165) is 37.7 Å². The SMILES string of the molecule is COc1ccc([C@H]2[C@H](C(=O)Nc3cc(OC)c(OC)c(OC)c3)c3ccccc3C(=O)N2C2CCCCC2)cc1. The summed E-state index contributed by atoms with van der Waals surface area (Å²) < 4.78 is 21.9. The number of nitrogens with zero attached hydrogens (tertiary/aromatic N) is 1. The van der Waals surface area contributed by atoms with Crippen molar-refractivity contribution >= 4 is 17.5 Å². The number of ether oxygens (including phenoxy) is 4. The molecule has 40 heavy (non-hydrogen) atoms. The highest BCUT2D eigenvalue weighted by Crippen LogP contribution is 2.47. The van der Waals surface area contributed by atoms with Gasteiger partial charge in [-0.2, -0.15) is 0 Å². The normalized spacial score (nSPS) is 19.0. The molecule has 1 heterocycles. The van der Waals surface area contributed by atoms with Crippen molar-refractivity contribution in [3.63, 3.8) is 0 Å². The Balaban J connectivity index is 1.62. The lowest BCUT2D eigenvalue weighted by atomic mass is 9.77. The molecule has 1 aliphatic heterocycles. The Kier molecular flexibility index (Phi) is 8.14. The molecule has 1 aliphatic carbocycles. The van der Waals surface area contributed by atoms with Crippen molar-refractivity contribution in [2.45, 2.75) is 50.1 Å². The van der Waals surface area contributed by atoms with Crippen LogP contribution in [0.4, 0.5) is 5.69 Å². The van der Waals surface area contributed by atoms with Crippen LogP contribution < -0.4 is 24.3 Å². The van der Waals surface area contributed by atoms with Gasteiger partial charge in [0.05, 0.1) is 40.4 Å². The lowest BCUT2D eigenvalue weighted by Crippen LogP contribution is -2.51. The van der Waals surface area contributed by atoms with Crippen molar-refractivity contribution in [3.8, 4) is 23.0 Å². The second-order valence-electron chi connectivity index (χ2n) is 10.2. The molecular weight excluding hydrogens is 508 g/mol. The third-order valence-corrected chi connectivity index (χ3v) is 8.02. The van der Waals surface area contributed by atoms with E-state index in [4.69, 9.17) is 18.9 Å². The molecule has 8 heteroatoms. The predicted molar refractivity (Wildman–Crippen MR) is 153 cm³/mol. The summed E-state index contributed by atoms with van der Waals surface area (Å²) in [5.74, 6) is 1.13. The van der Waals surface area contributed by atoms with Crippen molar-refractivity contribution < 1.29 is 28.5 Å². The number of amides is 2. The van der Waals surface area contributed by atoms with Gasteiger partial charge in [0.25, 0.3) is 5.91 Å². The molecule has 0 bridgehead atoms. The molecule has 8 nitrogen and oxygen atoms in total. The minimum absolute atomic E-state index is 0.0276. The molecule has 3 aromatic carbocycles. The molecule has 1 saturated carbocycles. The van der Waals surface area contributed by atoms with Crippen LogP contribution in [0.3, 0.4) is 0 Å². The summed E-state index contributed by atoms with van der Waals surface area (Å²) >= 11 is 0. The molecule has 2 atom stereocenters. The maximum absolute atomic E-state index is 14.3. The van der Waals surface area contributed by atoms with E-state index in [9.17, 15) is 9.59 Å². The van der Waals surface area contributed by atoms with Crippen LogP contribution in [0.5, 0.6) is 23.0 Å². The van der Waals surface area contributed by atoms with Gasteiger partial charge in [-0.25, -0.2) is 0 Å². The van der Waals surface area contributed by atoms with Gasteiger partial charge < -0.3 is 29.2 Å². The van der Waals surface area contributed by atoms with Crippen LogP contribution in [-0.2, 0) is 4.79 Å². The fourth-order valence-electron chi connectivity index (χ4n) is 6.12. The molecule has 1 fully saturated rings. The number of rotatable bonds is 8. The quantitative estimate of drug-likeness (QED) is 0.376. The highest BCUT2D eigenvalue weighted by Gasteiger charge is 2.46. The Morgan fingerprint density at radius 2 is 1.48 bits per heavy atom. The van der Waals surface area contributed by atoms with Crippen LogP contribution in [0.15, 0.2) is 60.7 Å². The molecule has 2 amide bonds. The maximum Gasteiger partial charge on any atom is 0.254 e. The van der Waals surface area contributed by atoms with E-state index in [1.165, 1.54) is 21.3 Å². The van der Waals surface area contributed by atoms with Gasteiger partial charge in [-0.05, 0) is 42.2 Å². The van der Waals surface area contributed by atoms with Gasteiger partial charge in [-0.3, -0.25) is 9.59 Å². The average molecular weight is 545 g/mol. The lowest BCUT2D eigenvalue weighted by Gasteiger charge is -2.46. The van der Waals surface area contributed by atoms with Gasteiger partial charge in [0.2, 0.25) is 11.7 Å². The standard InChI is InChI=1S/C32H36N2O6/c1-37-23-16-14-20(15-17-23)29-28(31(35)33-21-18-26(38-2)30(40-4)27(19-21)39-3)24-12-8-9-13-25(24)32(36)34(29)22-10-6-5-7-11-22/h8-9,12-19,22,28-29H,5-7,10-11H2,1-4H3,(H,33,35)/t28-,29+/m1/s1. The predicted octanol–water partition coefficient (Wildman–Crippen LogP) is 5.97. The second-order valence-corrected chi connectivity index (χ2v) is 10.2. The summed E-state index contributed by atoms with van der Waals surface area (Å²) in [5, 5.41) is 3.10. The van der Waals surface area contributed by atoms with Gasteiger partial charge in [-0.15, -0.1) is 0 Å². The Morgan fingerprint density at radius 3 is 2.08 bits per heavy atom. The van der Waals surface area contributed by atoms with E-state index < -0.39 is 12.0 Å². The first-order valence-corrected chi connectivity index (χ1v) is 13.7. The van der Waals surface area contributed by atoms with E-state index in [2.05, 4.69) is 5.32 Å². The molecule has 0 saturated heterocycles. The fourth-order valence-corrected chi connectivity index (χ4v) is 6.12. The topological polar surface area (TPSA) is 86.3 Å². The zero-order valence-corrected chi connectivity index (χ0v) is 23.4. The number of carbonyl (C=O) groups is 2. The summed E-state index contributed by atoms with van der Waals surface area (Å²) in [7, 11) is 6.23. The minimum Gasteiger partial charge on any atom is -0.497 e. The summed E-state index contributed by atoms with van der Waals surface area (Å²) in [6, 6.07) is 18.1. The van der Waals surface area contributed by atoms with Gasteiger partial charge in [0.15, 0.2) is 11.5 Å². The monoisotopic (exact) mass is 544 g/mol. The lowest BCUT2D eigenvalue weighted by molar-refractivity contribution is -0.119. The summed E-state index contributed by atoms with van der Waals surface area (Å²) in [4.78, 5) is 30.4. The molecule has 0 unspecified atom stereocenters. The molecular formula is C32H36N2O6. The zero-order valence-electron chi connectivity index (χ0n) is 23.4. The van der Waals surface area contributed by atoms with Crippen molar-refractivity contribution in [2.75, 3.05) is 33.8 Å². The Bertz CT molecular complexity index is 1340. The van der Waals surface area contributed by atoms with Crippen LogP contribution in [0, 0.1) is 0 Å². The van der Waals surface area contributed by atoms with Crippen LogP contribution in [-0.4, -0.2) is 51.2 Å². The summed E-state index contributed by atoms with van der Waals surface area (Å²) in [6.07, 6.45) is 5.12. The average Bonchev–Trinajstić information content (AvgIpc) is 3.00. The van der Waals surface area contributed by atoms with Crippen LogP contribution in [0.25, 0.3) is 0 Å². The van der Waals surface area contributed by atoms with Gasteiger partial charge >= 0.3 is 0 Å². The molecule has 0 radical (unpaired) electrons. The number of hydrogen-bond donors (Lipinski definition) is 1. The number of fused-ring (bicyclic) bond motifs is 1. The molecule has 0 spiro atoms. The van der Waals surface area contributed by atoms with E-state index in [1.807, 2.05) is 53.4 Å². The van der Waals surface area contributed by atoms with Gasteiger partial charge in [0, 0.05) is 29.4 Å². The molecule has 1 N–H and O–H groups in total. The Hall–Kier alpha value is -4.20. The number of benzene rings is 3. The fraction of sp³-hybridized carbons (Fsp3) is 0.375. The van der Waals surface area contributed by atoms with E-state index >= 15 is 0 Å². The smallest absolute Gasteiger partial charge is 0.254 e. The Labute approximate surface area is 235 Å². The van der Waals surface area contributed by atoms with Crippen LogP contribution >= 0.6 is 0 Å². The van der Waals surface area contributed by atoms with Crippen molar-refractivity contribution in [1.29, 1.82) is 0 Å². The van der Waals surface area contributed by atoms with E-state index in [0.29, 0.717) is 39.8 Å². The van der Waals surface area contributed by atoms with Gasteiger partial charge in [-0.1, -0.05) is 49.6 Å². The van der Waals surface area contributed by atoms with Crippen molar-refractivity contribution in [2.24, 2.45) is 0 Å². The molecule has 5 rings (SSSR count). The van der Waals surface area contributed by atoms with Crippen LogP contribution in [0.1, 0.15) is 65.5 Å². The number of methoxy groups -OCH3 is 4. The first-order valence-electron chi connectivity index (χ1n) is 13.7. The first kappa shape index (κ1) is 27.4. The van der Waals surface area contributed by atoms with Crippen molar-refractivity contribution in [3.05, 3.63) is 77.4 Å². The number of carbonyl (C=O) groups excluding carboxylic acids is 2. The second kappa shape index (κ2) is 11.9. The zero-order chi connectivity index (χ0) is 28.2. The summed E-state index contributed by atoms with van der Waals surface area (Å²) in [5.41, 5.74) is 2.68. The number of nitrogens with one attached hydrogen (secondary N) is 1. The highest BCUT2D eigenvalue weighted by atomic mass is 16.5. The summed E-state index contributed by atoms with van der Waals surface area (Å²) in [6.45, 7) is 0. The highest BCUT2D eigenvalue weighted by molar-refractivity contribution is 6.04. The molecule has 3 aromatic rings.